The van der Waals surface area contributed by atoms with E-state index in [-0.39, 0.29) is 18.2 Å². The molecule has 3 rings (SSSR count). The van der Waals surface area contributed by atoms with E-state index < -0.39 is 0 Å². The van der Waals surface area contributed by atoms with Crippen LogP contribution in [0.3, 0.4) is 0 Å². The van der Waals surface area contributed by atoms with Crippen LogP contribution >= 0.6 is 11.5 Å². The molecule has 1 heterocycles. The molecule has 0 saturated heterocycles. The van der Waals surface area contributed by atoms with Crippen molar-refractivity contribution in [3.63, 3.8) is 0 Å². The summed E-state index contributed by atoms with van der Waals surface area (Å²) in [5, 5.41) is 11.4. The number of rotatable bonds is 7. The first-order valence-corrected chi connectivity index (χ1v) is 9.02. The number of aromatic nitrogens is 2. The molecule has 0 fully saturated rings. The normalized spacial score (nSPS) is 10.3. The first-order valence-electron chi connectivity index (χ1n) is 8.19. The lowest BCUT2D eigenvalue weighted by molar-refractivity contribution is -0.120. The van der Waals surface area contributed by atoms with Crippen molar-refractivity contribution in [2.75, 3.05) is 11.9 Å². The maximum atomic E-state index is 12.0. The number of anilines is 1. The van der Waals surface area contributed by atoms with Gasteiger partial charge in [0.05, 0.1) is 6.42 Å². The van der Waals surface area contributed by atoms with Crippen LogP contribution in [0.1, 0.15) is 12.0 Å². The van der Waals surface area contributed by atoms with Gasteiger partial charge in [-0.15, -0.1) is 5.10 Å². The van der Waals surface area contributed by atoms with E-state index in [1.54, 1.807) is 0 Å². The van der Waals surface area contributed by atoms with Crippen molar-refractivity contribution >= 4 is 29.0 Å². The second-order valence-corrected chi connectivity index (χ2v) is 6.29. The number of nitrogens with zero attached hydrogens (tertiary/aromatic N) is 2. The maximum Gasteiger partial charge on any atom is 0.226 e. The van der Waals surface area contributed by atoms with Crippen LogP contribution in [0.15, 0.2) is 60.0 Å². The second-order valence-electron chi connectivity index (χ2n) is 5.68. The predicted molar refractivity (Wildman–Crippen MR) is 102 cm³/mol. The summed E-state index contributed by atoms with van der Waals surface area (Å²) in [5.74, 6) is -0.238. The van der Waals surface area contributed by atoms with Crippen LogP contribution in [0.4, 0.5) is 5.69 Å². The minimum Gasteiger partial charge on any atom is -0.355 e. The van der Waals surface area contributed by atoms with Gasteiger partial charge in [-0.2, -0.15) is 0 Å². The van der Waals surface area contributed by atoms with Crippen LogP contribution in [0, 0.1) is 0 Å². The van der Waals surface area contributed by atoms with Crippen LogP contribution in [0.5, 0.6) is 0 Å². The molecule has 0 aliphatic rings. The third kappa shape index (κ3) is 5.22. The van der Waals surface area contributed by atoms with E-state index in [0.717, 1.165) is 16.8 Å². The molecule has 7 heteroatoms. The highest BCUT2D eigenvalue weighted by Crippen LogP contribution is 2.20. The van der Waals surface area contributed by atoms with E-state index in [0.29, 0.717) is 18.7 Å². The van der Waals surface area contributed by atoms with E-state index >= 15 is 0 Å². The zero-order valence-electron chi connectivity index (χ0n) is 14.0. The Hall–Kier alpha value is -3.06. The number of hydrogen-bond acceptors (Lipinski definition) is 5. The summed E-state index contributed by atoms with van der Waals surface area (Å²) in [6.07, 6.45) is 0.535. The molecule has 0 unspecified atom stereocenters. The smallest absolute Gasteiger partial charge is 0.226 e. The van der Waals surface area contributed by atoms with E-state index in [9.17, 15) is 9.59 Å². The Morgan fingerprint density at radius 3 is 2.42 bits per heavy atom. The van der Waals surface area contributed by atoms with Crippen molar-refractivity contribution in [3.05, 3.63) is 65.5 Å². The zero-order valence-corrected chi connectivity index (χ0v) is 14.8. The van der Waals surface area contributed by atoms with Gasteiger partial charge in [0.15, 0.2) is 0 Å². The first kappa shape index (κ1) is 17.8. The molecule has 3 aromatic rings. The fraction of sp³-hybridized carbons (Fsp3) is 0.158. The third-order valence-electron chi connectivity index (χ3n) is 3.71. The van der Waals surface area contributed by atoms with Gasteiger partial charge in [-0.25, -0.2) is 0 Å². The molecule has 0 aliphatic carbocycles. The van der Waals surface area contributed by atoms with Crippen LogP contribution in [-0.4, -0.2) is 27.9 Å². The Labute approximate surface area is 155 Å². The number of nitrogens with one attached hydrogen (secondary N) is 2. The molecule has 2 N–H and O–H groups in total. The lowest BCUT2D eigenvalue weighted by Gasteiger charge is -2.07. The fourth-order valence-corrected chi connectivity index (χ4v) is 2.86. The molecule has 0 aliphatic heterocycles. The van der Waals surface area contributed by atoms with E-state index in [1.807, 2.05) is 60.0 Å². The quantitative estimate of drug-likeness (QED) is 0.673. The van der Waals surface area contributed by atoms with Crippen molar-refractivity contribution in [1.82, 2.24) is 14.9 Å². The molecule has 0 spiro atoms. The summed E-state index contributed by atoms with van der Waals surface area (Å²) in [7, 11) is 0. The molecule has 132 valence electrons. The first-order chi connectivity index (χ1) is 12.7. The highest BCUT2D eigenvalue weighted by atomic mass is 32.1. The number of carbonyl (C=O) groups excluding carboxylic acids is 2. The standard InChI is InChI=1S/C19H18N4O2S/c24-18(10-11-20-19(25)12-14-4-2-1-3-5-14)21-16-8-6-15(7-9-16)17-13-26-23-22-17/h1-9,13H,10-12H2,(H,20,25)(H,21,24). The lowest BCUT2D eigenvalue weighted by Crippen LogP contribution is -2.28. The second kappa shape index (κ2) is 8.87. The average molecular weight is 366 g/mol. The molecular weight excluding hydrogens is 348 g/mol. The van der Waals surface area contributed by atoms with Crippen molar-refractivity contribution in [2.45, 2.75) is 12.8 Å². The van der Waals surface area contributed by atoms with Crippen LogP contribution < -0.4 is 10.6 Å². The maximum absolute atomic E-state index is 12.0. The minimum absolute atomic E-state index is 0.0924. The van der Waals surface area contributed by atoms with E-state index in [1.165, 1.54) is 11.5 Å². The fourth-order valence-electron chi connectivity index (χ4n) is 2.40. The number of carbonyl (C=O) groups is 2. The molecule has 0 saturated carbocycles. The van der Waals surface area contributed by atoms with E-state index in [4.69, 9.17) is 0 Å². The van der Waals surface area contributed by atoms with Crippen molar-refractivity contribution in [3.8, 4) is 11.3 Å². The van der Waals surface area contributed by atoms with Gasteiger partial charge in [-0.05, 0) is 29.2 Å². The monoisotopic (exact) mass is 366 g/mol. The molecule has 2 aromatic carbocycles. The zero-order chi connectivity index (χ0) is 18.2. The van der Waals surface area contributed by atoms with Crippen molar-refractivity contribution in [2.24, 2.45) is 0 Å². The number of benzene rings is 2. The lowest BCUT2D eigenvalue weighted by atomic mass is 10.1. The molecule has 26 heavy (non-hydrogen) atoms. The van der Waals surface area contributed by atoms with Gasteiger partial charge in [-0.1, -0.05) is 47.0 Å². The molecule has 0 atom stereocenters. The number of amides is 2. The average Bonchev–Trinajstić information content (AvgIpc) is 3.18. The SMILES string of the molecule is O=C(Cc1ccccc1)NCCC(=O)Nc1ccc(-c2csnn2)cc1. The Morgan fingerprint density at radius 1 is 0.962 bits per heavy atom. The summed E-state index contributed by atoms with van der Waals surface area (Å²) < 4.78 is 3.83. The van der Waals surface area contributed by atoms with Crippen LogP contribution in [-0.2, 0) is 16.0 Å². The van der Waals surface area contributed by atoms with Gasteiger partial charge in [-0.3, -0.25) is 9.59 Å². The highest BCUT2D eigenvalue weighted by Gasteiger charge is 2.06. The van der Waals surface area contributed by atoms with Gasteiger partial charge in [0.2, 0.25) is 11.8 Å². The predicted octanol–water partition coefficient (Wildman–Crippen LogP) is 2.89. The summed E-state index contributed by atoms with van der Waals surface area (Å²) >= 11 is 1.30. The van der Waals surface area contributed by atoms with Crippen molar-refractivity contribution in [1.29, 1.82) is 0 Å². The minimum atomic E-state index is -0.145. The molecular formula is C19H18N4O2S. The van der Waals surface area contributed by atoms with Gasteiger partial charge in [0.25, 0.3) is 0 Å². The van der Waals surface area contributed by atoms with Crippen LogP contribution in [0.2, 0.25) is 0 Å². The molecule has 2 amide bonds. The van der Waals surface area contributed by atoms with Gasteiger partial charge < -0.3 is 10.6 Å². The van der Waals surface area contributed by atoms with Crippen molar-refractivity contribution < 1.29 is 9.59 Å². The highest BCUT2D eigenvalue weighted by molar-refractivity contribution is 7.03. The summed E-state index contributed by atoms with van der Waals surface area (Å²) in [5.41, 5.74) is 3.42. The Bertz CT molecular complexity index is 849. The van der Waals surface area contributed by atoms with E-state index in [2.05, 4.69) is 20.2 Å². The summed E-state index contributed by atoms with van der Waals surface area (Å²) in [4.78, 5) is 23.8. The number of hydrogen-bond donors (Lipinski definition) is 2. The topological polar surface area (TPSA) is 84.0 Å². The Balaban J connectivity index is 1.40. The molecule has 6 nitrogen and oxygen atoms in total. The molecule has 0 radical (unpaired) electrons. The summed E-state index contributed by atoms with van der Waals surface area (Å²) in [6.45, 7) is 0.306. The third-order valence-corrected chi connectivity index (χ3v) is 4.21. The molecule has 1 aromatic heterocycles. The van der Waals surface area contributed by atoms with Gasteiger partial charge in [0.1, 0.15) is 5.69 Å². The summed E-state index contributed by atoms with van der Waals surface area (Å²) in [6, 6.07) is 16.9. The van der Waals surface area contributed by atoms with Gasteiger partial charge in [0, 0.05) is 29.6 Å². The van der Waals surface area contributed by atoms with Gasteiger partial charge >= 0.3 is 0 Å². The molecule has 0 bridgehead atoms. The Kier molecular flexibility index (Phi) is 6.05. The Morgan fingerprint density at radius 2 is 1.73 bits per heavy atom. The largest absolute Gasteiger partial charge is 0.355 e. The van der Waals surface area contributed by atoms with Crippen LogP contribution in [0.25, 0.3) is 11.3 Å².